The molecule has 0 radical (unpaired) electrons. The summed E-state index contributed by atoms with van der Waals surface area (Å²) in [5, 5.41) is 7.00. The highest BCUT2D eigenvalue weighted by Gasteiger charge is 2.04. The first kappa shape index (κ1) is 20.9. The minimum Gasteiger partial charge on any atom is -0.481 e. The molecule has 0 saturated carbocycles. The van der Waals surface area contributed by atoms with Crippen LogP contribution in [0.4, 0.5) is 0 Å². The van der Waals surface area contributed by atoms with Crippen molar-refractivity contribution in [3.63, 3.8) is 0 Å². The second kappa shape index (κ2) is 9.84. The molecular weight excluding hydrogens is 292 g/mol. The fourth-order valence-corrected chi connectivity index (χ4v) is 1.88. The van der Waals surface area contributed by atoms with E-state index in [2.05, 4.69) is 19.9 Å². The molecule has 0 bridgehead atoms. The van der Waals surface area contributed by atoms with E-state index >= 15 is 0 Å². The van der Waals surface area contributed by atoms with Crippen LogP contribution in [-0.2, 0) is 0 Å². The van der Waals surface area contributed by atoms with Crippen molar-refractivity contribution in [2.45, 2.75) is 48.5 Å². The minimum atomic E-state index is 0.676. The highest BCUT2D eigenvalue weighted by atomic mass is 16.5. The van der Waals surface area contributed by atoms with Gasteiger partial charge in [-0.15, -0.1) is 0 Å². The highest BCUT2D eigenvalue weighted by molar-refractivity contribution is 5.28. The number of rotatable bonds is 1. The largest absolute Gasteiger partial charge is 0.481 e. The lowest BCUT2D eigenvalue weighted by Crippen LogP contribution is -1.99. The molecule has 6 heteroatoms. The van der Waals surface area contributed by atoms with E-state index in [1.54, 1.807) is 7.11 Å². The Labute approximate surface area is 139 Å². The average molecular weight is 320 g/mol. The van der Waals surface area contributed by atoms with Crippen LogP contribution in [0.1, 0.15) is 39.9 Å². The zero-order valence-corrected chi connectivity index (χ0v) is 15.6. The highest BCUT2D eigenvalue weighted by Crippen LogP contribution is 2.15. The van der Waals surface area contributed by atoms with Gasteiger partial charge in [0, 0.05) is 29.8 Å². The number of hydrogen-bond acceptors (Lipinski definition) is 6. The van der Waals surface area contributed by atoms with E-state index in [-0.39, 0.29) is 0 Å². The van der Waals surface area contributed by atoms with E-state index in [1.807, 2.05) is 48.5 Å². The Morgan fingerprint density at radius 2 is 0.957 bits per heavy atom. The number of ether oxygens (including phenoxy) is 1. The third-order valence-corrected chi connectivity index (χ3v) is 3.39. The smallest absolute Gasteiger partial charge is 0.219 e. The number of nitrogens with zero attached hydrogens (tertiary/aromatic N) is 4. The summed E-state index contributed by atoms with van der Waals surface area (Å²) >= 11 is 0. The molecule has 0 aliphatic carbocycles. The molecule has 0 saturated heterocycles. The maximum absolute atomic E-state index is 7.00. The van der Waals surface area contributed by atoms with Crippen LogP contribution in [0.3, 0.4) is 0 Å². The average Bonchev–Trinajstić information content (AvgIpc) is 2.51. The SMILES string of the molecule is CO.COc1nc(C)nc(C)c1C.Cc1nc(C)c(C)c(C)n1. The molecule has 0 amide bonds. The summed E-state index contributed by atoms with van der Waals surface area (Å²) in [6.07, 6.45) is 0. The van der Waals surface area contributed by atoms with E-state index < -0.39 is 0 Å². The zero-order chi connectivity index (χ0) is 18.2. The molecular formula is C17H28N4O2. The minimum absolute atomic E-state index is 0.676. The van der Waals surface area contributed by atoms with Gasteiger partial charge >= 0.3 is 0 Å². The summed E-state index contributed by atoms with van der Waals surface area (Å²) in [6, 6.07) is 0. The lowest BCUT2D eigenvalue weighted by Gasteiger charge is -2.05. The van der Waals surface area contributed by atoms with Crippen LogP contribution < -0.4 is 4.74 Å². The van der Waals surface area contributed by atoms with Gasteiger partial charge in [0.25, 0.3) is 0 Å². The van der Waals surface area contributed by atoms with Crippen LogP contribution >= 0.6 is 0 Å². The van der Waals surface area contributed by atoms with Gasteiger partial charge in [-0.25, -0.2) is 15.0 Å². The number of methoxy groups -OCH3 is 1. The number of aromatic nitrogens is 4. The van der Waals surface area contributed by atoms with Crippen molar-refractivity contribution in [2.24, 2.45) is 0 Å². The van der Waals surface area contributed by atoms with E-state index in [0.29, 0.717) is 5.88 Å². The van der Waals surface area contributed by atoms with Gasteiger partial charge in [-0.05, 0) is 54.0 Å². The molecule has 0 aromatic carbocycles. The summed E-state index contributed by atoms with van der Waals surface area (Å²) < 4.78 is 5.06. The molecule has 0 unspecified atom stereocenters. The fourth-order valence-electron chi connectivity index (χ4n) is 1.88. The van der Waals surface area contributed by atoms with Crippen molar-refractivity contribution in [1.82, 2.24) is 19.9 Å². The normalized spacial score (nSPS) is 9.30. The van der Waals surface area contributed by atoms with Crippen LogP contribution in [0.5, 0.6) is 5.88 Å². The fraction of sp³-hybridized carbons (Fsp3) is 0.529. The van der Waals surface area contributed by atoms with Crippen molar-refractivity contribution in [3.8, 4) is 5.88 Å². The summed E-state index contributed by atoms with van der Waals surface area (Å²) in [4.78, 5) is 16.8. The Morgan fingerprint density at radius 1 is 0.609 bits per heavy atom. The maximum Gasteiger partial charge on any atom is 0.219 e. The third-order valence-electron chi connectivity index (χ3n) is 3.39. The molecule has 0 aliphatic rings. The van der Waals surface area contributed by atoms with Gasteiger partial charge in [0.05, 0.1) is 7.11 Å². The van der Waals surface area contributed by atoms with E-state index in [9.17, 15) is 0 Å². The number of hydrogen-bond donors (Lipinski definition) is 1. The maximum atomic E-state index is 7.00. The Hall–Kier alpha value is -2.08. The van der Waals surface area contributed by atoms with Crippen LogP contribution in [0.2, 0.25) is 0 Å². The Kier molecular flexibility index (Phi) is 8.95. The van der Waals surface area contributed by atoms with Gasteiger partial charge < -0.3 is 9.84 Å². The quantitative estimate of drug-likeness (QED) is 0.870. The molecule has 0 atom stereocenters. The van der Waals surface area contributed by atoms with Gasteiger partial charge in [-0.2, -0.15) is 4.98 Å². The third kappa shape index (κ3) is 6.28. The van der Waals surface area contributed by atoms with E-state index in [0.717, 1.165) is 41.4 Å². The molecule has 6 nitrogen and oxygen atoms in total. The van der Waals surface area contributed by atoms with Gasteiger partial charge in [0.15, 0.2) is 0 Å². The van der Waals surface area contributed by atoms with Crippen LogP contribution in [0, 0.1) is 48.5 Å². The molecule has 2 aromatic heterocycles. The molecule has 1 N–H and O–H groups in total. The Morgan fingerprint density at radius 3 is 1.35 bits per heavy atom. The summed E-state index contributed by atoms with van der Waals surface area (Å²) in [5.74, 6) is 2.29. The summed E-state index contributed by atoms with van der Waals surface area (Å²) in [5.41, 5.74) is 5.37. The molecule has 0 spiro atoms. The van der Waals surface area contributed by atoms with E-state index in [1.165, 1.54) is 5.56 Å². The molecule has 2 aromatic rings. The summed E-state index contributed by atoms with van der Waals surface area (Å²) in [6.45, 7) is 13.7. The van der Waals surface area contributed by atoms with Crippen molar-refractivity contribution < 1.29 is 9.84 Å². The molecule has 0 aliphatic heterocycles. The molecule has 2 heterocycles. The van der Waals surface area contributed by atoms with Gasteiger partial charge in [-0.3, -0.25) is 0 Å². The van der Waals surface area contributed by atoms with Crippen LogP contribution in [-0.4, -0.2) is 39.3 Å². The van der Waals surface area contributed by atoms with Gasteiger partial charge in [0.2, 0.25) is 5.88 Å². The first-order valence-electron chi connectivity index (χ1n) is 7.35. The van der Waals surface area contributed by atoms with Crippen molar-refractivity contribution in [3.05, 3.63) is 39.9 Å². The second-order valence-corrected chi connectivity index (χ2v) is 5.06. The molecule has 23 heavy (non-hydrogen) atoms. The first-order chi connectivity index (χ1) is 10.8. The predicted octanol–water partition coefficient (Wildman–Crippen LogP) is 2.73. The topological polar surface area (TPSA) is 81.0 Å². The van der Waals surface area contributed by atoms with E-state index in [4.69, 9.17) is 9.84 Å². The van der Waals surface area contributed by atoms with Crippen LogP contribution in [0.25, 0.3) is 0 Å². The lowest BCUT2D eigenvalue weighted by molar-refractivity contribution is 0.391. The van der Waals surface area contributed by atoms with Crippen molar-refractivity contribution in [2.75, 3.05) is 14.2 Å². The lowest BCUT2D eigenvalue weighted by atomic mass is 10.2. The predicted molar refractivity (Wildman–Crippen MR) is 91.9 cm³/mol. The first-order valence-corrected chi connectivity index (χ1v) is 7.35. The second-order valence-electron chi connectivity index (χ2n) is 5.06. The van der Waals surface area contributed by atoms with Crippen molar-refractivity contribution >= 4 is 0 Å². The monoisotopic (exact) mass is 320 g/mol. The Balaban J connectivity index is 0.000000381. The van der Waals surface area contributed by atoms with Crippen LogP contribution in [0.15, 0.2) is 0 Å². The molecule has 2 rings (SSSR count). The number of aryl methyl sites for hydroxylation is 5. The molecule has 0 fully saturated rings. The van der Waals surface area contributed by atoms with Crippen molar-refractivity contribution in [1.29, 1.82) is 0 Å². The molecule has 128 valence electrons. The van der Waals surface area contributed by atoms with Gasteiger partial charge in [-0.1, -0.05) is 0 Å². The number of aliphatic hydroxyl groups excluding tert-OH is 1. The zero-order valence-electron chi connectivity index (χ0n) is 15.6. The summed E-state index contributed by atoms with van der Waals surface area (Å²) in [7, 11) is 2.62. The number of aliphatic hydroxyl groups is 1. The van der Waals surface area contributed by atoms with Gasteiger partial charge in [0.1, 0.15) is 11.6 Å². The standard InChI is InChI=1S/C8H12N2O.C8H12N2.CH4O/c1-5-6(2)9-7(3)10-8(5)11-4;1-5-6(2)9-8(4)10-7(5)3;1-2/h1-4H3;1-4H3;2H,1H3. The Bertz CT molecular complexity index is 620.